The Kier molecular flexibility index (Phi) is 8.77. The molecule has 3 rings (SSSR count). The molecule has 2 saturated carbocycles. The van der Waals surface area contributed by atoms with E-state index in [1.54, 1.807) is 0 Å². The minimum Gasteiger partial charge on any atom is -0.241 e. The van der Waals surface area contributed by atoms with E-state index >= 15 is 0 Å². The van der Waals surface area contributed by atoms with Crippen LogP contribution in [0.25, 0.3) is 0 Å². The average molecular weight is 382 g/mol. The normalized spacial score (nSPS) is 28.0. The lowest BCUT2D eigenvalue weighted by atomic mass is 9.77. The zero-order valence-corrected chi connectivity index (χ0v) is 17.9. The van der Waals surface area contributed by atoms with Crippen LogP contribution in [-0.2, 0) is 0 Å². The molecule has 0 aromatic carbocycles. The second kappa shape index (κ2) is 11.5. The molecule has 0 unspecified atom stereocenters. The molecule has 0 aliphatic heterocycles. The molecule has 1 heterocycles. The van der Waals surface area contributed by atoms with E-state index in [0.29, 0.717) is 11.8 Å². The van der Waals surface area contributed by atoms with Gasteiger partial charge in [-0.1, -0.05) is 51.9 Å². The van der Waals surface area contributed by atoms with Crippen LogP contribution in [0.2, 0.25) is 0 Å². The van der Waals surface area contributed by atoms with Crippen LogP contribution in [0.15, 0.2) is 12.4 Å². The molecular formula is C25H39N3. The van der Waals surface area contributed by atoms with Crippen LogP contribution in [-0.4, -0.2) is 9.97 Å². The van der Waals surface area contributed by atoms with Crippen molar-refractivity contribution in [1.82, 2.24) is 9.97 Å². The third kappa shape index (κ3) is 6.29. The summed E-state index contributed by atoms with van der Waals surface area (Å²) in [5, 5.41) is 9.06. The summed E-state index contributed by atoms with van der Waals surface area (Å²) >= 11 is 0. The molecule has 0 bridgehead atoms. The Morgan fingerprint density at radius 1 is 0.821 bits per heavy atom. The lowest BCUT2D eigenvalue weighted by molar-refractivity contribution is 0.301. The van der Waals surface area contributed by atoms with Crippen molar-refractivity contribution in [3.63, 3.8) is 0 Å². The van der Waals surface area contributed by atoms with Crippen LogP contribution in [0.1, 0.15) is 126 Å². The number of aromatic nitrogens is 2. The minimum atomic E-state index is 0.252. The standard InChI is InChI=1S/C25H39N3/c1-2-3-4-5-6-7-8-20-9-13-22(14-10-20)24-18-27-25(28-19-24)23-15-11-21(17-26)12-16-23/h18-23H,2-16H2,1H3/t20-,21-,22-,23-. The van der Waals surface area contributed by atoms with Crippen LogP contribution >= 0.6 is 0 Å². The Hall–Kier alpha value is -1.43. The van der Waals surface area contributed by atoms with Crippen LogP contribution < -0.4 is 0 Å². The zero-order chi connectivity index (χ0) is 19.6. The van der Waals surface area contributed by atoms with E-state index in [2.05, 4.69) is 25.4 Å². The molecule has 1 aromatic rings. The summed E-state index contributed by atoms with van der Waals surface area (Å²) in [6, 6.07) is 2.41. The maximum atomic E-state index is 9.06. The monoisotopic (exact) mass is 381 g/mol. The van der Waals surface area contributed by atoms with Crippen LogP contribution in [0.5, 0.6) is 0 Å². The Balaban J connectivity index is 1.37. The van der Waals surface area contributed by atoms with Crippen molar-refractivity contribution in [2.45, 2.75) is 115 Å². The van der Waals surface area contributed by atoms with Crippen molar-refractivity contribution < 1.29 is 0 Å². The Bertz CT molecular complexity index is 587. The second-order valence-corrected chi connectivity index (χ2v) is 9.33. The number of hydrogen-bond acceptors (Lipinski definition) is 3. The molecule has 0 atom stereocenters. The van der Waals surface area contributed by atoms with E-state index in [1.165, 1.54) is 76.2 Å². The van der Waals surface area contributed by atoms with Gasteiger partial charge in [0.25, 0.3) is 0 Å². The third-order valence-electron chi connectivity index (χ3n) is 7.25. The van der Waals surface area contributed by atoms with Gasteiger partial charge in [0.05, 0.1) is 6.07 Å². The second-order valence-electron chi connectivity index (χ2n) is 9.33. The molecule has 2 fully saturated rings. The third-order valence-corrected chi connectivity index (χ3v) is 7.25. The molecule has 0 amide bonds. The van der Waals surface area contributed by atoms with Crippen molar-refractivity contribution in [2.75, 3.05) is 0 Å². The lowest BCUT2D eigenvalue weighted by Crippen LogP contribution is -2.16. The first kappa shape index (κ1) is 21.3. The molecule has 0 spiro atoms. The maximum absolute atomic E-state index is 9.06. The van der Waals surface area contributed by atoms with Gasteiger partial charge in [-0.15, -0.1) is 0 Å². The van der Waals surface area contributed by atoms with Gasteiger partial charge in [0.1, 0.15) is 5.82 Å². The minimum absolute atomic E-state index is 0.252. The first-order chi connectivity index (χ1) is 13.8. The number of unbranched alkanes of at least 4 members (excludes halogenated alkanes) is 5. The summed E-state index contributed by atoms with van der Waals surface area (Å²) in [6.45, 7) is 2.29. The molecule has 0 saturated heterocycles. The molecule has 3 nitrogen and oxygen atoms in total. The highest BCUT2D eigenvalue weighted by atomic mass is 14.9. The Labute approximate surface area is 172 Å². The first-order valence-electron chi connectivity index (χ1n) is 12.0. The molecule has 3 heteroatoms. The SMILES string of the molecule is CCCCCCCC[C@H]1CC[C@H](c2cnc([C@H]3CC[C@H](C#N)CC3)nc2)CC1. The number of nitriles is 1. The van der Waals surface area contributed by atoms with Gasteiger partial charge in [-0.05, 0) is 68.8 Å². The van der Waals surface area contributed by atoms with Crippen molar-refractivity contribution >= 4 is 0 Å². The van der Waals surface area contributed by atoms with Crippen molar-refractivity contribution in [1.29, 1.82) is 5.26 Å². The van der Waals surface area contributed by atoms with Gasteiger partial charge in [0.15, 0.2) is 0 Å². The van der Waals surface area contributed by atoms with Gasteiger partial charge < -0.3 is 0 Å². The summed E-state index contributed by atoms with van der Waals surface area (Å²) in [4.78, 5) is 9.48. The first-order valence-corrected chi connectivity index (χ1v) is 12.0. The van der Waals surface area contributed by atoms with Gasteiger partial charge >= 0.3 is 0 Å². The predicted molar refractivity (Wildman–Crippen MR) is 115 cm³/mol. The fourth-order valence-corrected chi connectivity index (χ4v) is 5.25. The molecule has 154 valence electrons. The van der Waals surface area contributed by atoms with E-state index in [0.717, 1.165) is 37.4 Å². The van der Waals surface area contributed by atoms with E-state index in [9.17, 15) is 0 Å². The van der Waals surface area contributed by atoms with E-state index in [-0.39, 0.29) is 5.92 Å². The van der Waals surface area contributed by atoms with Crippen molar-refractivity contribution in [2.24, 2.45) is 11.8 Å². The average Bonchev–Trinajstić information content (AvgIpc) is 2.77. The van der Waals surface area contributed by atoms with Gasteiger partial charge in [0.2, 0.25) is 0 Å². The van der Waals surface area contributed by atoms with Gasteiger partial charge in [-0.2, -0.15) is 5.26 Å². The van der Waals surface area contributed by atoms with Gasteiger partial charge in [0, 0.05) is 24.2 Å². The summed E-state index contributed by atoms with van der Waals surface area (Å²) in [5.41, 5.74) is 1.35. The molecule has 1 aromatic heterocycles. The summed E-state index contributed by atoms with van der Waals surface area (Å²) in [7, 11) is 0. The molecular weight excluding hydrogens is 342 g/mol. The number of rotatable bonds is 9. The van der Waals surface area contributed by atoms with Crippen LogP contribution in [0, 0.1) is 23.2 Å². The molecule has 2 aliphatic carbocycles. The van der Waals surface area contributed by atoms with Crippen molar-refractivity contribution in [3.05, 3.63) is 23.8 Å². The smallest absolute Gasteiger partial charge is 0.131 e. The van der Waals surface area contributed by atoms with Crippen LogP contribution in [0.3, 0.4) is 0 Å². The maximum Gasteiger partial charge on any atom is 0.131 e. The van der Waals surface area contributed by atoms with E-state index < -0.39 is 0 Å². The Morgan fingerprint density at radius 2 is 1.43 bits per heavy atom. The van der Waals surface area contributed by atoms with Crippen molar-refractivity contribution in [3.8, 4) is 6.07 Å². The van der Waals surface area contributed by atoms with E-state index in [1.807, 2.05) is 0 Å². The highest BCUT2D eigenvalue weighted by Gasteiger charge is 2.25. The van der Waals surface area contributed by atoms with Gasteiger partial charge in [-0.3, -0.25) is 0 Å². The highest BCUT2D eigenvalue weighted by Crippen LogP contribution is 2.38. The zero-order valence-electron chi connectivity index (χ0n) is 17.9. The molecule has 28 heavy (non-hydrogen) atoms. The Morgan fingerprint density at radius 3 is 2.07 bits per heavy atom. The number of nitrogens with zero attached hydrogens (tertiary/aromatic N) is 3. The van der Waals surface area contributed by atoms with E-state index in [4.69, 9.17) is 15.2 Å². The summed E-state index contributed by atoms with van der Waals surface area (Å²) in [6.07, 6.45) is 23.7. The quantitative estimate of drug-likeness (QED) is 0.422. The predicted octanol–water partition coefficient (Wildman–Crippen LogP) is 7.30. The summed E-state index contributed by atoms with van der Waals surface area (Å²) < 4.78 is 0. The fraction of sp³-hybridized carbons (Fsp3) is 0.800. The molecule has 0 radical (unpaired) electrons. The highest BCUT2D eigenvalue weighted by molar-refractivity contribution is 5.14. The topological polar surface area (TPSA) is 49.6 Å². The fourth-order valence-electron chi connectivity index (χ4n) is 5.25. The van der Waals surface area contributed by atoms with Gasteiger partial charge in [-0.25, -0.2) is 9.97 Å². The van der Waals surface area contributed by atoms with Crippen LogP contribution in [0.4, 0.5) is 0 Å². The lowest BCUT2D eigenvalue weighted by Gasteiger charge is -2.29. The molecule has 2 aliphatic rings. The largest absolute Gasteiger partial charge is 0.241 e. The summed E-state index contributed by atoms with van der Waals surface area (Å²) in [5.74, 6) is 3.35. The molecule has 0 N–H and O–H groups in total. The number of hydrogen-bond donors (Lipinski definition) is 0.